The summed E-state index contributed by atoms with van der Waals surface area (Å²) in [5, 5.41) is 24.3. The molecule has 0 rings (SSSR count). The Bertz CT molecular complexity index is 109. The smallest absolute Gasteiger partial charge is 0.870 e. The molecular formula is C4H10NNaO5. The predicted octanol–water partition coefficient (Wildman–Crippen LogP) is -3.24. The first-order valence-electron chi connectivity index (χ1n) is 2.49. The summed E-state index contributed by atoms with van der Waals surface area (Å²) < 4.78 is 0. The Morgan fingerprint density at radius 1 is 1.55 bits per heavy atom. The molecule has 6 nitrogen and oxygen atoms in total. The van der Waals surface area contributed by atoms with E-state index in [1.54, 1.807) is 0 Å². The zero-order valence-corrected chi connectivity index (χ0v) is 8.43. The van der Waals surface area contributed by atoms with Gasteiger partial charge in [0.2, 0.25) is 0 Å². The van der Waals surface area contributed by atoms with Crippen LogP contribution in [0, 0.1) is 0 Å². The number of rotatable bonds is 3. The molecule has 0 aliphatic carbocycles. The molecule has 0 saturated heterocycles. The summed E-state index contributed by atoms with van der Waals surface area (Å²) in [5.74, 6) is -1.25. The van der Waals surface area contributed by atoms with Gasteiger partial charge in [-0.05, 0) is 6.42 Å². The van der Waals surface area contributed by atoms with Crippen molar-refractivity contribution in [2.45, 2.75) is 19.4 Å². The van der Waals surface area contributed by atoms with E-state index in [1.807, 2.05) is 0 Å². The van der Waals surface area contributed by atoms with Crippen LogP contribution in [0.5, 0.6) is 0 Å². The first kappa shape index (κ1) is 17.4. The van der Waals surface area contributed by atoms with Crippen LogP contribution in [0.1, 0.15) is 13.3 Å². The molecule has 0 radical (unpaired) electrons. The molecule has 0 aromatic heterocycles. The summed E-state index contributed by atoms with van der Waals surface area (Å²) in [6, 6.07) is -1.22. The molecule has 7 heteroatoms. The molecule has 62 valence electrons. The summed E-state index contributed by atoms with van der Waals surface area (Å²) in [6.45, 7) is 1.54. The van der Waals surface area contributed by atoms with Gasteiger partial charge in [0.15, 0.2) is 6.04 Å². The monoisotopic (exact) mass is 175 g/mol. The molecule has 1 unspecified atom stereocenters. The largest absolute Gasteiger partial charge is 1.00 e. The molecule has 0 fully saturated rings. The Labute approximate surface area is 85.9 Å². The molecule has 0 spiro atoms. The quantitative estimate of drug-likeness (QED) is 0.307. The van der Waals surface area contributed by atoms with Crippen molar-refractivity contribution in [3.8, 4) is 0 Å². The van der Waals surface area contributed by atoms with E-state index in [1.165, 1.54) is 6.92 Å². The van der Waals surface area contributed by atoms with Crippen LogP contribution < -0.4 is 29.6 Å². The third kappa shape index (κ3) is 6.70. The second-order valence-electron chi connectivity index (χ2n) is 1.58. The molecule has 0 saturated carbocycles. The second kappa shape index (κ2) is 8.41. The van der Waals surface area contributed by atoms with Gasteiger partial charge in [0, 0.05) is 0 Å². The summed E-state index contributed by atoms with van der Waals surface area (Å²) >= 11 is 0. The molecule has 4 N–H and O–H groups in total. The van der Waals surface area contributed by atoms with Gasteiger partial charge in [-0.2, -0.15) is 0 Å². The van der Waals surface area contributed by atoms with Crippen molar-refractivity contribution in [2.24, 2.45) is 0 Å². The molecule has 1 atom stereocenters. The van der Waals surface area contributed by atoms with Crippen LogP contribution >= 0.6 is 0 Å². The number of carboxylic acid groups (broad SMARTS) is 1. The maximum absolute atomic E-state index is 10.0. The molecule has 11 heavy (non-hydrogen) atoms. The maximum atomic E-state index is 10.0. The minimum Gasteiger partial charge on any atom is -0.870 e. The first-order valence-corrected chi connectivity index (χ1v) is 2.49. The van der Waals surface area contributed by atoms with Crippen LogP contribution in [0.2, 0.25) is 0 Å². The van der Waals surface area contributed by atoms with Crippen molar-refractivity contribution in [3.05, 3.63) is 0 Å². The van der Waals surface area contributed by atoms with E-state index in [2.05, 4.69) is 0 Å². The molecule has 0 aromatic carbocycles. The SMILES string of the molecule is CCC(C(=O)O)N(O)O.[Na+].[OH-]. The summed E-state index contributed by atoms with van der Waals surface area (Å²) in [7, 11) is 0. The molecule has 0 bridgehead atoms. The first-order chi connectivity index (χ1) is 4.09. The van der Waals surface area contributed by atoms with E-state index in [4.69, 9.17) is 15.5 Å². The van der Waals surface area contributed by atoms with E-state index in [-0.39, 0.29) is 46.7 Å². The Morgan fingerprint density at radius 2 is 1.91 bits per heavy atom. The van der Waals surface area contributed by atoms with Crippen molar-refractivity contribution in [1.29, 1.82) is 0 Å². The zero-order chi connectivity index (χ0) is 7.44. The molecule has 0 heterocycles. The van der Waals surface area contributed by atoms with E-state index in [9.17, 15) is 4.79 Å². The zero-order valence-electron chi connectivity index (χ0n) is 6.43. The number of carbonyl (C=O) groups is 1. The Morgan fingerprint density at radius 3 is 1.91 bits per heavy atom. The van der Waals surface area contributed by atoms with Gasteiger partial charge in [0.05, 0.1) is 0 Å². The summed E-state index contributed by atoms with van der Waals surface area (Å²) in [6.07, 6.45) is 0.155. The van der Waals surface area contributed by atoms with Crippen molar-refractivity contribution >= 4 is 5.97 Å². The number of carboxylic acids is 1. The number of hydroxylamine groups is 2. The van der Waals surface area contributed by atoms with Gasteiger partial charge in [-0.1, -0.05) is 12.2 Å². The predicted molar refractivity (Wildman–Crippen MR) is 29.1 cm³/mol. The minimum atomic E-state index is -1.25. The average molecular weight is 175 g/mol. The topological polar surface area (TPSA) is 111 Å². The van der Waals surface area contributed by atoms with Gasteiger partial charge in [0.25, 0.3) is 0 Å². The van der Waals surface area contributed by atoms with Gasteiger partial charge >= 0.3 is 35.5 Å². The number of nitrogens with zero attached hydrogens (tertiary/aromatic N) is 1. The summed E-state index contributed by atoms with van der Waals surface area (Å²) in [4.78, 5) is 10.0. The fourth-order valence-corrected chi connectivity index (χ4v) is 0.437. The van der Waals surface area contributed by atoms with Gasteiger partial charge in [-0.15, -0.1) is 0 Å². The van der Waals surface area contributed by atoms with Crippen molar-refractivity contribution in [3.63, 3.8) is 0 Å². The standard InChI is InChI=1S/C4H9NO4.Na.H2O/c1-2-3(4(6)7)5(8)9;;/h3,8-9H,2H2,1H3,(H,6,7);;1H2/q;+1;/p-1. The Kier molecular flexibility index (Phi) is 13.3. The fraction of sp³-hybridized carbons (Fsp3) is 0.750. The van der Waals surface area contributed by atoms with Crippen LogP contribution in [-0.2, 0) is 4.79 Å². The van der Waals surface area contributed by atoms with Crippen LogP contribution in [0.4, 0.5) is 0 Å². The normalized spacial score (nSPS) is 11.3. The van der Waals surface area contributed by atoms with E-state index >= 15 is 0 Å². The number of hydrogen-bond acceptors (Lipinski definition) is 5. The van der Waals surface area contributed by atoms with Gasteiger partial charge in [-0.25, -0.2) is 0 Å². The second-order valence-corrected chi connectivity index (χ2v) is 1.58. The van der Waals surface area contributed by atoms with Crippen molar-refractivity contribution in [2.75, 3.05) is 0 Å². The van der Waals surface area contributed by atoms with E-state index in [0.29, 0.717) is 0 Å². The van der Waals surface area contributed by atoms with E-state index < -0.39 is 12.0 Å². The van der Waals surface area contributed by atoms with E-state index in [0.717, 1.165) is 0 Å². The molecule has 0 aliphatic rings. The maximum Gasteiger partial charge on any atom is 1.00 e. The van der Waals surface area contributed by atoms with Crippen LogP contribution in [0.3, 0.4) is 0 Å². The molecule has 0 amide bonds. The fourth-order valence-electron chi connectivity index (χ4n) is 0.437. The van der Waals surface area contributed by atoms with Gasteiger partial charge in [0.1, 0.15) is 0 Å². The molecular weight excluding hydrogens is 165 g/mol. The molecule has 0 aromatic rings. The van der Waals surface area contributed by atoms with Crippen molar-refractivity contribution in [1.82, 2.24) is 5.23 Å². The van der Waals surface area contributed by atoms with Crippen LogP contribution in [-0.4, -0.2) is 38.2 Å². The Balaban J connectivity index is -0.000000320. The number of hydrogen-bond donors (Lipinski definition) is 3. The number of aliphatic carboxylic acids is 1. The van der Waals surface area contributed by atoms with Gasteiger partial charge < -0.3 is 10.6 Å². The summed E-state index contributed by atoms with van der Waals surface area (Å²) in [5.41, 5.74) is 0. The average Bonchev–Trinajstić information content (AvgIpc) is 1.64. The van der Waals surface area contributed by atoms with Crippen molar-refractivity contribution < 1.29 is 55.3 Å². The third-order valence-electron chi connectivity index (χ3n) is 0.951. The minimum absolute atomic E-state index is 0. The Hall–Kier alpha value is 0.310. The van der Waals surface area contributed by atoms with Crippen LogP contribution in [0.15, 0.2) is 0 Å². The third-order valence-corrected chi connectivity index (χ3v) is 0.951. The van der Waals surface area contributed by atoms with Gasteiger partial charge in [-0.3, -0.25) is 15.2 Å². The van der Waals surface area contributed by atoms with Crippen LogP contribution in [0.25, 0.3) is 0 Å². The molecule has 0 aliphatic heterocycles.